The van der Waals surface area contributed by atoms with Crippen molar-refractivity contribution in [1.82, 2.24) is 0 Å². The molecule has 0 aliphatic rings. The molecule has 1 amide bonds. The number of hydrogen-bond acceptors (Lipinski definition) is 5. The van der Waals surface area contributed by atoms with Crippen LogP contribution in [0.25, 0.3) is 0 Å². The molecule has 0 bridgehead atoms. The van der Waals surface area contributed by atoms with Gasteiger partial charge in [0.15, 0.2) is 0 Å². The largest absolute Gasteiger partial charge is 0.446 e. The quantitative estimate of drug-likeness (QED) is 0.595. The lowest BCUT2D eigenvalue weighted by Gasteiger charge is -2.07. The van der Waals surface area contributed by atoms with Gasteiger partial charge in [-0.05, 0) is 24.1 Å². The van der Waals surface area contributed by atoms with E-state index in [9.17, 15) is 13.2 Å². The molecule has 0 spiro atoms. The highest BCUT2D eigenvalue weighted by Crippen LogP contribution is 2.14. The molecule has 1 rings (SSSR count). The zero-order valence-corrected chi connectivity index (χ0v) is 9.55. The molecule has 0 aliphatic carbocycles. The van der Waals surface area contributed by atoms with Crippen LogP contribution in [0.15, 0.2) is 24.3 Å². The third-order valence-corrected chi connectivity index (χ3v) is 2.35. The highest BCUT2D eigenvalue weighted by atomic mass is 32.3. The molecule has 0 heterocycles. The summed E-state index contributed by atoms with van der Waals surface area (Å²) in [4.78, 5) is 10.7. The Kier molecular flexibility index (Phi) is 4.05. The van der Waals surface area contributed by atoms with E-state index >= 15 is 0 Å². The van der Waals surface area contributed by atoms with Gasteiger partial charge in [-0.15, -0.1) is 0 Å². The lowest BCUT2D eigenvalue weighted by Crippen LogP contribution is -2.38. The summed E-state index contributed by atoms with van der Waals surface area (Å²) in [6, 6.07) is 4.89. The summed E-state index contributed by atoms with van der Waals surface area (Å²) in [5.41, 5.74) is 11.1. The first-order valence-corrected chi connectivity index (χ1v) is 5.95. The molecule has 0 radical (unpaired) electrons. The standard InChI is InChI=1S/C9H12N2O5S/c10-8(9(11)12)5-6-1-3-7(4-2-6)16-17(13,14)15/h1-4,8H,5,10H2,(H2,11,12)(H,13,14,15)/t8-/m0/s1. The molecule has 0 aliphatic heterocycles. The highest BCUT2D eigenvalue weighted by molar-refractivity contribution is 7.81. The lowest BCUT2D eigenvalue weighted by atomic mass is 10.1. The van der Waals surface area contributed by atoms with Crippen LogP contribution in [0.5, 0.6) is 5.75 Å². The van der Waals surface area contributed by atoms with Crippen LogP contribution in [0.1, 0.15) is 5.56 Å². The topological polar surface area (TPSA) is 133 Å². The minimum atomic E-state index is -4.53. The first-order valence-electron chi connectivity index (χ1n) is 4.58. The van der Waals surface area contributed by atoms with Crippen molar-refractivity contribution in [2.75, 3.05) is 0 Å². The molecule has 5 N–H and O–H groups in total. The summed E-state index contributed by atoms with van der Waals surface area (Å²) < 4.78 is 33.5. The van der Waals surface area contributed by atoms with E-state index in [1.54, 1.807) is 0 Å². The van der Waals surface area contributed by atoms with E-state index in [4.69, 9.17) is 16.0 Å². The zero-order chi connectivity index (χ0) is 13.1. The van der Waals surface area contributed by atoms with Gasteiger partial charge in [0, 0.05) is 0 Å². The fraction of sp³-hybridized carbons (Fsp3) is 0.222. The molecular weight excluding hydrogens is 248 g/mol. The molecule has 1 aromatic carbocycles. The average molecular weight is 260 g/mol. The maximum atomic E-state index is 10.7. The molecule has 1 atom stereocenters. The van der Waals surface area contributed by atoms with Gasteiger partial charge in [-0.25, -0.2) is 0 Å². The molecule has 0 saturated carbocycles. The number of carbonyl (C=O) groups is 1. The molecule has 17 heavy (non-hydrogen) atoms. The van der Waals surface area contributed by atoms with Gasteiger partial charge in [-0.2, -0.15) is 8.42 Å². The average Bonchev–Trinajstić information content (AvgIpc) is 2.18. The molecule has 0 fully saturated rings. The van der Waals surface area contributed by atoms with Gasteiger partial charge in [0.05, 0.1) is 6.04 Å². The number of rotatable bonds is 5. The fourth-order valence-electron chi connectivity index (χ4n) is 1.16. The van der Waals surface area contributed by atoms with Crippen LogP contribution < -0.4 is 15.7 Å². The van der Waals surface area contributed by atoms with Crippen molar-refractivity contribution in [3.05, 3.63) is 29.8 Å². The second-order valence-electron chi connectivity index (χ2n) is 3.37. The Morgan fingerprint density at radius 1 is 1.35 bits per heavy atom. The van der Waals surface area contributed by atoms with Gasteiger partial charge in [0.1, 0.15) is 5.75 Å². The van der Waals surface area contributed by atoms with E-state index in [0.717, 1.165) is 0 Å². The molecular formula is C9H12N2O5S. The molecule has 7 nitrogen and oxygen atoms in total. The summed E-state index contributed by atoms with van der Waals surface area (Å²) >= 11 is 0. The monoisotopic (exact) mass is 260 g/mol. The summed E-state index contributed by atoms with van der Waals surface area (Å²) in [7, 11) is -4.53. The van der Waals surface area contributed by atoms with Crippen LogP contribution in [-0.2, 0) is 21.6 Å². The summed E-state index contributed by atoms with van der Waals surface area (Å²) in [5, 5.41) is 0. The molecule has 0 aromatic heterocycles. The van der Waals surface area contributed by atoms with Gasteiger partial charge in [-0.3, -0.25) is 9.35 Å². The Morgan fingerprint density at radius 2 is 1.88 bits per heavy atom. The van der Waals surface area contributed by atoms with E-state index in [0.29, 0.717) is 5.56 Å². The third-order valence-electron chi connectivity index (χ3n) is 1.95. The van der Waals surface area contributed by atoms with Crippen LogP contribution in [0.4, 0.5) is 0 Å². The van der Waals surface area contributed by atoms with Crippen LogP contribution in [0.3, 0.4) is 0 Å². The maximum Gasteiger partial charge on any atom is 0.446 e. The van der Waals surface area contributed by atoms with Crippen molar-refractivity contribution < 1.29 is 21.9 Å². The van der Waals surface area contributed by atoms with Crippen molar-refractivity contribution in [2.45, 2.75) is 12.5 Å². The van der Waals surface area contributed by atoms with Crippen molar-refractivity contribution in [3.63, 3.8) is 0 Å². The van der Waals surface area contributed by atoms with E-state index in [1.165, 1.54) is 24.3 Å². The number of nitrogens with two attached hydrogens (primary N) is 2. The first-order chi connectivity index (χ1) is 7.78. The molecule has 0 saturated heterocycles. The van der Waals surface area contributed by atoms with Crippen LogP contribution in [0, 0.1) is 0 Å². The Hall–Kier alpha value is -1.64. The molecule has 8 heteroatoms. The van der Waals surface area contributed by atoms with E-state index in [2.05, 4.69) is 4.18 Å². The minimum Gasteiger partial charge on any atom is -0.368 e. The van der Waals surface area contributed by atoms with Gasteiger partial charge in [0.2, 0.25) is 5.91 Å². The second kappa shape index (κ2) is 5.13. The highest BCUT2D eigenvalue weighted by Gasteiger charge is 2.11. The Labute approximate surface area is 98.3 Å². The second-order valence-corrected chi connectivity index (χ2v) is 4.39. The minimum absolute atomic E-state index is 0.0381. The van der Waals surface area contributed by atoms with Crippen LogP contribution >= 0.6 is 0 Å². The van der Waals surface area contributed by atoms with Crippen LogP contribution in [-0.4, -0.2) is 24.9 Å². The Bertz CT molecular complexity index is 497. The van der Waals surface area contributed by atoms with Gasteiger partial charge < -0.3 is 15.7 Å². The van der Waals surface area contributed by atoms with Crippen LogP contribution in [0.2, 0.25) is 0 Å². The van der Waals surface area contributed by atoms with Gasteiger partial charge in [0.25, 0.3) is 0 Å². The van der Waals surface area contributed by atoms with Crippen molar-refractivity contribution in [1.29, 1.82) is 0 Å². The fourth-order valence-corrected chi connectivity index (χ4v) is 1.51. The summed E-state index contributed by atoms with van der Waals surface area (Å²) in [6.45, 7) is 0. The third kappa shape index (κ3) is 4.81. The summed E-state index contributed by atoms with van der Waals surface area (Å²) in [6.07, 6.45) is 0.238. The number of carbonyl (C=O) groups excluding carboxylic acids is 1. The Balaban J connectivity index is 2.72. The number of primary amides is 1. The number of amides is 1. The first kappa shape index (κ1) is 13.4. The van der Waals surface area contributed by atoms with Crippen molar-refractivity contribution >= 4 is 16.3 Å². The Morgan fingerprint density at radius 3 is 2.29 bits per heavy atom. The lowest BCUT2D eigenvalue weighted by molar-refractivity contribution is -0.119. The SMILES string of the molecule is NC(=O)[C@@H](N)Cc1ccc(OS(=O)(=O)O)cc1. The van der Waals surface area contributed by atoms with Gasteiger partial charge >= 0.3 is 10.4 Å². The molecule has 0 unspecified atom stereocenters. The van der Waals surface area contributed by atoms with Gasteiger partial charge in [-0.1, -0.05) is 12.1 Å². The van der Waals surface area contributed by atoms with E-state index in [1.807, 2.05) is 0 Å². The van der Waals surface area contributed by atoms with E-state index < -0.39 is 22.3 Å². The van der Waals surface area contributed by atoms with Crippen molar-refractivity contribution in [2.24, 2.45) is 11.5 Å². The maximum absolute atomic E-state index is 10.7. The number of hydrogen-bond donors (Lipinski definition) is 3. The predicted molar refractivity (Wildman–Crippen MR) is 59.5 cm³/mol. The van der Waals surface area contributed by atoms with Crippen molar-refractivity contribution in [3.8, 4) is 5.75 Å². The normalized spacial score (nSPS) is 13.1. The number of benzene rings is 1. The van der Waals surface area contributed by atoms with E-state index in [-0.39, 0.29) is 12.2 Å². The smallest absolute Gasteiger partial charge is 0.368 e. The zero-order valence-electron chi connectivity index (χ0n) is 8.74. The summed E-state index contributed by atoms with van der Waals surface area (Å²) in [5.74, 6) is -0.660. The molecule has 94 valence electrons. The molecule has 1 aromatic rings. The predicted octanol–water partition coefficient (Wildman–Crippen LogP) is -0.777.